The summed E-state index contributed by atoms with van der Waals surface area (Å²) in [5.74, 6) is -0.610. The number of anilines is 1. The molecule has 366 valence electrons. The number of rotatable bonds is 30. The first-order valence-corrected chi connectivity index (χ1v) is 24.4. The number of esters is 4. The summed E-state index contributed by atoms with van der Waals surface area (Å²) in [5, 5.41) is 6.01. The summed E-state index contributed by atoms with van der Waals surface area (Å²) in [7, 11) is 0. The van der Waals surface area contributed by atoms with Crippen LogP contribution in [0.5, 0.6) is 28.7 Å². The molecule has 0 unspecified atom stereocenters. The van der Waals surface area contributed by atoms with Crippen LogP contribution in [0.1, 0.15) is 104 Å². The first kappa shape index (κ1) is 51.9. The monoisotopic (exact) mass is 969 g/mol. The van der Waals surface area contributed by atoms with E-state index < -0.39 is 23.9 Å². The highest BCUT2D eigenvalue weighted by molar-refractivity contribution is 7.22. The summed E-state index contributed by atoms with van der Waals surface area (Å²) in [4.78, 5) is 55.6. The number of thiazole rings is 1. The van der Waals surface area contributed by atoms with E-state index in [4.69, 9.17) is 33.2 Å². The van der Waals surface area contributed by atoms with Gasteiger partial charge >= 0.3 is 23.9 Å². The molecule has 6 rings (SSSR count). The van der Waals surface area contributed by atoms with Crippen molar-refractivity contribution in [1.29, 1.82) is 0 Å². The van der Waals surface area contributed by atoms with Crippen LogP contribution in [0.2, 0.25) is 0 Å². The summed E-state index contributed by atoms with van der Waals surface area (Å²) < 4.78 is 42.1. The average molecular weight is 970 g/mol. The lowest BCUT2D eigenvalue weighted by atomic mass is 10.0. The normalized spacial score (nSPS) is 11.0. The Morgan fingerprint density at radius 1 is 0.571 bits per heavy atom. The molecular weight excluding hydrogens is 911 g/mol. The van der Waals surface area contributed by atoms with Gasteiger partial charge in [0.1, 0.15) is 11.5 Å². The number of hydrazone groups is 1. The van der Waals surface area contributed by atoms with Gasteiger partial charge in [-0.05, 0) is 118 Å². The zero-order chi connectivity index (χ0) is 49.3. The molecule has 0 aliphatic heterocycles. The number of hydrogen-bond acceptors (Lipinski definition) is 15. The molecule has 0 spiro atoms. The SMILES string of the molecule is C=CC(=O)OCCCCCCOc1ccc(C(=O)Oc2c(/C=N/Nc3nc4ccccc4s3)c(OCCCCCCOC(=O)C=C)c(OC(=O)c3ccc(OCCCCC)cc3)c3ccccc23)cc1. The van der Waals surface area contributed by atoms with Crippen molar-refractivity contribution in [2.45, 2.75) is 77.6 Å². The number of unbranched alkanes of at least 4 members (excludes halogenated alkanes) is 8. The maximum atomic E-state index is 14.2. The zero-order valence-electron chi connectivity index (χ0n) is 39.5. The largest absolute Gasteiger partial charge is 0.494 e. The minimum atomic E-state index is -0.660. The van der Waals surface area contributed by atoms with Crippen LogP contribution in [0, 0.1) is 0 Å². The molecule has 0 atom stereocenters. The molecule has 1 heterocycles. The third kappa shape index (κ3) is 15.8. The number of carbonyl (C=O) groups excluding carboxylic acids is 4. The van der Waals surface area contributed by atoms with E-state index in [0.717, 1.165) is 80.2 Å². The Morgan fingerprint density at radius 2 is 1.06 bits per heavy atom. The van der Waals surface area contributed by atoms with E-state index >= 15 is 0 Å². The van der Waals surface area contributed by atoms with Crippen molar-refractivity contribution in [3.8, 4) is 28.7 Å². The van der Waals surface area contributed by atoms with Gasteiger partial charge in [0.2, 0.25) is 5.13 Å². The first-order chi connectivity index (χ1) is 34.3. The molecule has 0 aliphatic carbocycles. The molecule has 0 amide bonds. The third-order valence-corrected chi connectivity index (χ3v) is 11.7. The highest BCUT2D eigenvalue weighted by atomic mass is 32.1. The smallest absolute Gasteiger partial charge is 0.343 e. The van der Waals surface area contributed by atoms with E-state index in [-0.39, 0.29) is 47.2 Å². The Kier molecular flexibility index (Phi) is 20.8. The van der Waals surface area contributed by atoms with Crippen LogP contribution in [0.15, 0.2) is 127 Å². The number of nitrogens with zero attached hydrogens (tertiary/aromatic N) is 2. The first-order valence-electron chi connectivity index (χ1n) is 23.6. The van der Waals surface area contributed by atoms with Gasteiger partial charge in [-0.25, -0.2) is 24.2 Å². The lowest BCUT2D eigenvalue weighted by Gasteiger charge is -2.20. The number of carbonyl (C=O) groups is 4. The quantitative estimate of drug-likeness (QED) is 0.0113. The van der Waals surface area contributed by atoms with Gasteiger partial charge in [-0.15, -0.1) is 0 Å². The predicted octanol–water partition coefficient (Wildman–Crippen LogP) is 12.2. The highest BCUT2D eigenvalue weighted by Gasteiger charge is 2.27. The van der Waals surface area contributed by atoms with Gasteiger partial charge in [0, 0.05) is 22.9 Å². The summed E-state index contributed by atoms with van der Waals surface area (Å²) in [5.41, 5.74) is 4.60. The van der Waals surface area contributed by atoms with Crippen LogP contribution in [0.25, 0.3) is 21.0 Å². The number of fused-ring (bicyclic) bond motifs is 2. The number of ether oxygens (including phenoxy) is 7. The molecule has 0 fully saturated rings. The lowest BCUT2D eigenvalue weighted by molar-refractivity contribution is -0.138. The van der Waals surface area contributed by atoms with Crippen LogP contribution in [-0.4, -0.2) is 68.1 Å². The van der Waals surface area contributed by atoms with Crippen LogP contribution >= 0.6 is 11.3 Å². The molecule has 0 saturated carbocycles. The van der Waals surface area contributed by atoms with Gasteiger partial charge in [0.15, 0.2) is 17.2 Å². The molecule has 70 heavy (non-hydrogen) atoms. The summed E-state index contributed by atoms with van der Waals surface area (Å²) in [6, 6.07) is 28.3. The van der Waals surface area contributed by atoms with Crippen LogP contribution in [0.4, 0.5) is 5.13 Å². The lowest BCUT2D eigenvalue weighted by Crippen LogP contribution is -2.14. The maximum absolute atomic E-state index is 14.2. The Morgan fingerprint density at radius 3 is 1.60 bits per heavy atom. The van der Waals surface area contributed by atoms with Crippen molar-refractivity contribution in [3.63, 3.8) is 0 Å². The van der Waals surface area contributed by atoms with Crippen molar-refractivity contribution < 1.29 is 52.3 Å². The highest BCUT2D eigenvalue weighted by Crippen LogP contribution is 2.46. The molecule has 15 heteroatoms. The maximum Gasteiger partial charge on any atom is 0.343 e. The number of para-hydroxylation sites is 1. The molecule has 1 N–H and O–H groups in total. The summed E-state index contributed by atoms with van der Waals surface area (Å²) in [6.07, 6.45) is 12.9. The standard InChI is InChI=1S/C55H59N3O11S/c1-4-7-16-33-63-41-31-27-40(28-32-41)54(62)69-52-44-22-13-12-21-43(44)50(68-53(61)39-25-29-42(30-26-39)64-34-17-8-9-18-35-65-48(59)5-2)45(38-56-58-55-57-46-23-14-15-24-47(46)70-55)51(52)67-37-20-11-10-19-36-66-49(60)6-3/h5-6,12-15,21-32,38H,2-4,7-11,16-20,33-37H2,1H3,(H,57,58)/b56-38+. The number of benzene rings is 5. The molecule has 5 aromatic carbocycles. The molecule has 0 bridgehead atoms. The van der Waals surface area contributed by atoms with Crippen LogP contribution < -0.4 is 29.1 Å². The topological polar surface area (TPSA) is 170 Å². The molecule has 1 aromatic heterocycles. The van der Waals surface area contributed by atoms with E-state index in [1.165, 1.54) is 17.6 Å². The minimum Gasteiger partial charge on any atom is -0.494 e. The van der Waals surface area contributed by atoms with Gasteiger partial charge in [-0.2, -0.15) is 5.10 Å². The van der Waals surface area contributed by atoms with Crippen molar-refractivity contribution in [2.75, 3.05) is 38.5 Å². The Balaban J connectivity index is 1.29. The van der Waals surface area contributed by atoms with E-state index in [9.17, 15) is 19.2 Å². The second kappa shape index (κ2) is 28.1. The zero-order valence-corrected chi connectivity index (χ0v) is 40.3. The van der Waals surface area contributed by atoms with Gasteiger partial charge in [-0.3, -0.25) is 5.43 Å². The molecule has 14 nitrogen and oxygen atoms in total. The number of aromatic nitrogens is 1. The summed E-state index contributed by atoms with van der Waals surface area (Å²) in [6.45, 7) is 10.8. The molecular formula is C55H59N3O11S. The molecule has 0 aliphatic rings. The third-order valence-electron chi connectivity index (χ3n) is 10.8. The fourth-order valence-electron chi connectivity index (χ4n) is 7.08. The fraction of sp³-hybridized carbons (Fsp3) is 0.309. The molecule has 0 saturated heterocycles. The van der Waals surface area contributed by atoms with Crippen molar-refractivity contribution >= 4 is 67.5 Å². The van der Waals surface area contributed by atoms with E-state index in [1.54, 1.807) is 72.8 Å². The Bertz CT molecular complexity index is 2680. The van der Waals surface area contributed by atoms with Crippen molar-refractivity contribution in [3.05, 3.63) is 139 Å². The Labute approximate surface area is 412 Å². The second-order valence-corrected chi connectivity index (χ2v) is 17.0. The Hall–Kier alpha value is -7.52. The van der Waals surface area contributed by atoms with Crippen molar-refractivity contribution in [2.24, 2.45) is 5.10 Å². The van der Waals surface area contributed by atoms with Gasteiger partial charge in [0.25, 0.3) is 0 Å². The van der Waals surface area contributed by atoms with E-state index in [2.05, 4.69) is 35.6 Å². The molecule has 6 aromatic rings. The molecule has 0 radical (unpaired) electrons. The average Bonchev–Trinajstić information content (AvgIpc) is 3.81. The fourth-order valence-corrected chi connectivity index (χ4v) is 7.89. The summed E-state index contributed by atoms with van der Waals surface area (Å²) >= 11 is 1.42. The van der Waals surface area contributed by atoms with Crippen LogP contribution in [-0.2, 0) is 19.1 Å². The predicted molar refractivity (Wildman–Crippen MR) is 273 cm³/mol. The van der Waals surface area contributed by atoms with E-state index in [0.29, 0.717) is 60.1 Å². The number of nitrogens with one attached hydrogen (secondary N) is 1. The van der Waals surface area contributed by atoms with E-state index in [1.807, 2.05) is 24.3 Å². The van der Waals surface area contributed by atoms with Crippen LogP contribution in [0.3, 0.4) is 0 Å². The van der Waals surface area contributed by atoms with Gasteiger partial charge in [0.05, 0.1) is 66.2 Å². The number of hydrogen-bond donors (Lipinski definition) is 1. The van der Waals surface area contributed by atoms with Gasteiger partial charge in [-0.1, -0.05) is 80.7 Å². The van der Waals surface area contributed by atoms with Crippen molar-refractivity contribution in [1.82, 2.24) is 4.98 Å². The second-order valence-electron chi connectivity index (χ2n) is 16.0. The van der Waals surface area contributed by atoms with Gasteiger partial charge < -0.3 is 33.2 Å². The minimum absolute atomic E-state index is 0.107.